The minimum absolute atomic E-state index is 0.0710. The highest BCUT2D eigenvalue weighted by Crippen LogP contribution is 2.13. The molecule has 3 aromatic rings. The van der Waals surface area contributed by atoms with Gasteiger partial charge in [-0.1, -0.05) is 42.5 Å². The largest absolute Gasteiger partial charge is 0.467 e. The Hall–Kier alpha value is -3.45. The fourth-order valence-electron chi connectivity index (χ4n) is 3.31. The number of methoxy groups -OCH3 is 1. The van der Waals surface area contributed by atoms with Crippen LogP contribution < -0.4 is 0 Å². The Bertz CT molecular complexity index is 992. The van der Waals surface area contributed by atoms with Crippen molar-refractivity contribution in [1.29, 1.82) is 0 Å². The summed E-state index contributed by atoms with van der Waals surface area (Å²) in [5.41, 5.74) is 1.03. The zero-order valence-corrected chi connectivity index (χ0v) is 18.1. The van der Waals surface area contributed by atoms with Crippen LogP contribution in [-0.2, 0) is 22.5 Å². The van der Waals surface area contributed by atoms with E-state index in [1.54, 1.807) is 29.4 Å². The van der Waals surface area contributed by atoms with Gasteiger partial charge in [-0.25, -0.2) is 4.39 Å². The van der Waals surface area contributed by atoms with Gasteiger partial charge in [0.1, 0.15) is 18.1 Å². The van der Waals surface area contributed by atoms with E-state index in [4.69, 9.17) is 9.15 Å². The molecule has 0 unspecified atom stereocenters. The number of carbonyl (C=O) groups excluding carboxylic acids is 2. The maximum absolute atomic E-state index is 14.2. The average Bonchev–Trinajstić information content (AvgIpc) is 3.33. The molecule has 0 aliphatic carbocycles. The van der Waals surface area contributed by atoms with Crippen LogP contribution in [0.2, 0.25) is 0 Å². The minimum Gasteiger partial charge on any atom is -0.467 e. The van der Waals surface area contributed by atoms with E-state index in [0.717, 1.165) is 5.56 Å². The predicted molar refractivity (Wildman–Crippen MR) is 118 cm³/mol. The Morgan fingerprint density at radius 2 is 1.69 bits per heavy atom. The molecule has 3 rings (SSSR count). The quantitative estimate of drug-likeness (QED) is 0.457. The molecule has 0 saturated heterocycles. The average molecular weight is 438 g/mol. The second kappa shape index (κ2) is 11.8. The molecule has 0 saturated carbocycles. The Balaban J connectivity index is 1.75. The first kappa shape index (κ1) is 23.2. The number of halogens is 1. The SMILES string of the molecule is COCCN(CC(=O)N(CCc1ccccc1)Cc1ccco1)C(=O)c1ccccc1F. The Kier molecular flexibility index (Phi) is 8.57. The van der Waals surface area contributed by atoms with E-state index in [9.17, 15) is 14.0 Å². The molecule has 2 amide bonds. The van der Waals surface area contributed by atoms with Crippen LogP contribution in [0.5, 0.6) is 0 Å². The fourth-order valence-corrected chi connectivity index (χ4v) is 3.31. The van der Waals surface area contributed by atoms with Gasteiger partial charge in [-0.2, -0.15) is 0 Å². The molecular weight excluding hydrogens is 411 g/mol. The number of hydrogen-bond acceptors (Lipinski definition) is 4. The highest BCUT2D eigenvalue weighted by Gasteiger charge is 2.24. The normalized spacial score (nSPS) is 10.7. The minimum atomic E-state index is -0.621. The van der Waals surface area contributed by atoms with Crippen LogP contribution in [0.25, 0.3) is 0 Å². The van der Waals surface area contributed by atoms with Crippen molar-refractivity contribution in [3.8, 4) is 0 Å². The lowest BCUT2D eigenvalue weighted by Gasteiger charge is -2.27. The number of furan rings is 1. The van der Waals surface area contributed by atoms with Gasteiger partial charge in [-0.15, -0.1) is 0 Å². The van der Waals surface area contributed by atoms with Gasteiger partial charge >= 0.3 is 0 Å². The summed E-state index contributed by atoms with van der Waals surface area (Å²) in [6, 6.07) is 19.2. The highest BCUT2D eigenvalue weighted by molar-refractivity contribution is 5.96. The summed E-state index contributed by atoms with van der Waals surface area (Å²) in [4.78, 5) is 29.2. The number of hydrogen-bond donors (Lipinski definition) is 0. The van der Waals surface area contributed by atoms with Gasteiger partial charge in [0.25, 0.3) is 5.91 Å². The first-order valence-electron chi connectivity index (χ1n) is 10.5. The Labute approximate surface area is 187 Å². The van der Waals surface area contributed by atoms with Gasteiger partial charge in [0, 0.05) is 20.2 Å². The summed E-state index contributed by atoms with van der Waals surface area (Å²) in [7, 11) is 1.51. The lowest BCUT2D eigenvalue weighted by molar-refractivity contribution is -0.132. The smallest absolute Gasteiger partial charge is 0.257 e. The third-order valence-corrected chi connectivity index (χ3v) is 5.08. The predicted octanol–water partition coefficient (Wildman–Crippen LogP) is 3.78. The molecule has 0 aliphatic heterocycles. The summed E-state index contributed by atoms with van der Waals surface area (Å²) in [5, 5.41) is 0. The molecule has 6 nitrogen and oxygen atoms in total. The van der Waals surface area contributed by atoms with E-state index in [0.29, 0.717) is 18.7 Å². The molecule has 0 bridgehead atoms. The van der Waals surface area contributed by atoms with Crippen molar-refractivity contribution in [3.05, 3.63) is 95.7 Å². The van der Waals surface area contributed by atoms with Crippen molar-refractivity contribution in [2.24, 2.45) is 0 Å². The van der Waals surface area contributed by atoms with Gasteiger partial charge in [-0.05, 0) is 36.2 Å². The Morgan fingerprint density at radius 1 is 0.938 bits per heavy atom. The van der Waals surface area contributed by atoms with E-state index in [1.807, 2.05) is 30.3 Å². The van der Waals surface area contributed by atoms with Crippen LogP contribution in [0.15, 0.2) is 77.4 Å². The second-order valence-corrected chi connectivity index (χ2v) is 7.33. The summed E-state index contributed by atoms with van der Waals surface area (Å²) >= 11 is 0. The van der Waals surface area contributed by atoms with Gasteiger partial charge in [0.15, 0.2) is 0 Å². The molecular formula is C25H27FN2O4. The van der Waals surface area contributed by atoms with Crippen LogP contribution in [0, 0.1) is 5.82 Å². The molecule has 0 fully saturated rings. The molecule has 7 heteroatoms. The third kappa shape index (κ3) is 6.52. The molecule has 0 aliphatic rings. The van der Waals surface area contributed by atoms with Gasteiger partial charge in [-0.3, -0.25) is 9.59 Å². The first-order valence-corrected chi connectivity index (χ1v) is 10.5. The topological polar surface area (TPSA) is 63.0 Å². The second-order valence-electron chi connectivity index (χ2n) is 7.33. The van der Waals surface area contributed by atoms with Crippen molar-refractivity contribution in [2.45, 2.75) is 13.0 Å². The van der Waals surface area contributed by atoms with Gasteiger partial charge in [0.05, 0.1) is 25.0 Å². The molecule has 0 N–H and O–H groups in total. The number of nitrogens with zero attached hydrogens (tertiary/aromatic N) is 2. The molecule has 32 heavy (non-hydrogen) atoms. The van der Waals surface area contributed by atoms with E-state index < -0.39 is 11.7 Å². The maximum atomic E-state index is 14.2. The molecule has 2 aromatic carbocycles. The number of benzene rings is 2. The summed E-state index contributed by atoms with van der Waals surface area (Å²) in [5.74, 6) is -0.771. The lowest BCUT2D eigenvalue weighted by Crippen LogP contribution is -2.44. The highest BCUT2D eigenvalue weighted by atomic mass is 19.1. The van der Waals surface area contributed by atoms with Crippen LogP contribution in [-0.4, -0.2) is 55.0 Å². The molecule has 0 spiro atoms. The van der Waals surface area contributed by atoms with E-state index in [2.05, 4.69) is 0 Å². The van der Waals surface area contributed by atoms with E-state index in [-0.39, 0.29) is 37.7 Å². The number of rotatable bonds is 11. The van der Waals surface area contributed by atoms with E-state index >= 15 is 0 Å². The van der Waals surface area contributed by atoms with Crippen molar-refractivity contribution in [3.63, 3.8) is 0 Å². The first-order chi connectivity index (χ1) is 15.6. The van der Waals surface area contributed by atoms with Gasteiger partial charge < -0.3 is 19.0 Å². The van der Waals surface area contributed by atoms with Crippen molar-refractivity contribution < 1.29 is 23.1 Å². The van der Waals surface area contributed by atoms with Crippen molar-refractivity contribution in [1.82, 2.24) is 9.80 Å². The van der Waals surface area contributed by atoms with Crippen LogP contribution in [0.1, 0.15) is 21.7 Å². The van der Waals surface area contributed by atoms with Crippen molar-refractivity contribution >= 4 is 11.8 Å². The molecule has 0 radical (unpaired) electrons. The zero-order chi connectivity index (χ0) is 22.8. The maximum Gasteiger partial charge on any atom is 0.257 e. The fraction of sp³-hybridized carbons (Fsp3) is 0.280. The molecule has 0 atom stereocenters. The number of amides is 2. The third-order valence-electron chi connectivity index (χ3n) is 5.08. The van der Waals surface area contributed by atoms with Crippen LogP contribution in [0.4, 0.5) is 4.39 Å². The molecule has 1 aromatic heterocycles. The summed E-state index contributed by atoms with van der Waals surface area (Å²) in [6.45, 7) is 0.949. The number of carbonyl (C=O) groups is 2. The van der Waals surface area contributed by atoms with Crippen molar-refractivity contribution in [2.75, 3.05) is 33.4 Å². The summed E-state index contributed by atoms with van der Waals surface area (Å²) < 4.78 is 24.7. The summed E-state index contributed by atoms with van der Waals surface area (Å²) in [6.07, 6.45) is 2.22. The standard InChI is InChI=1S/C25H27FN2O4/c1-31-17-15-28(25(30)22-11-5-6-12-23(22)26)19-24(29)27(18-21-10-7-16-32-21)14-13-20-8-3-2-4-9-20/h2-12,16H,13-15,17-19H2,1H3. The monoisotopic (exact) mass is 438 g/mol. The Morgan fingerprint density at radius 3 is 2.38 bits per heavy atom. The van der Waals surface area contributed by atoms with Crippen LogP contribution in [0.3, 0.4) is 0 Å². The van der Waals surface area contributed by atoms with E-state index in [1.165, 1.54) is 30.2 Å². The molecule has 1 heterocycles. The van der Waals surface area contributed by atoms with Crippen LogP contribution >= 0.6 is 0 Å². The zero-order valence-electron chi connectivity index (χ0n) is 18.1. The lowest BCUT2D eigenvalue weighted by atomic mass is 10.1. The number of ether oxygens (including phenoxy) is 1. The van der Waals surface area contributed by atoms with Gasteiger partial charge in [0.2, 0.25) is 5.91 Å². The molecule has 168 valence electrons.